The molecule has 0 aliphatic carbocycles. The molecule has 138 valence electrons. The smallest absolute Gasteiger partial charge is 0.297 e. The van der Waals surface area contributed by atoms with Crippen molar-refractivity contribution >= 4 is 23.2 Å². The first-order valence-electron chi connectivity index (χ1n) is 8.68. The first kappa shape index (κ1) is 17.6. The summed E-state index contributed by atoms with van der Waals surface area (Å²) in [5.74, 6) is 1.18. The number of benzene rings is 1. The predicted molar refractivity (Wildman–Crippen MR) is 102 cm³/mol. The average Bonchev–Trinajstić information content (AvgIpc) is 3.38. The zero-order chi connectivity index (χ0) is 17.3. The molecule has 0 spiro atoms. The van der Waals surface area contributed by atoms with E-state index >= 15 is 0 Å². The molecule has 1 unspecified atom stereocenters. The van der Waals surface area contributed by atoms with E-state index < -0.39 is 0 Å². The van der Waals surface area contributed by atoms with Crippen LogP contribution in [-0.2, 0) is 0 Å². The van der Waals surface area contributed by atoms with Crippen LogP contribution < -0.4 is 5.32 Å². The van der Waals surface area contributed by atoms with Crippen LogP contribution in [0.3, 0.4) is 0 Å². The van der Waals surface area contributed by atoms with Crippen LogP contribution in [0.4, 0.5) is 0 Å². The van der Waals surface area contributed by atoms with Crippen LogP contribution in [0.2, 0.25) is 0 Å². The van der Waals surface area contributed by atoms with Gasteiger partial charge in [-0.25, -0.2) is 9.67 Å². The molecule has 4 heterocycles. The molecule has 1 atom stereocenters. The van der Waals surface area contributed by atoms with Gasteiger partial charge in [-0.1, -0.05) is 29.4 Å². The Morgan fingerprint density at radius 3 is 2.93 bits per heavy atom. The fourth-order valence-electron chi connectivity index (χ4n) is 3.32. The number of aromatic nitrogens is 6. The Kier molecular flexibility index (Phi) is 4.83. The summed E-state index contributed by atoms with van der Waals surface area (Å²) in [5.41, 5.74) is 0.689. The van der Waals surface area contributed by atoms with E-state index in [4.69, 9.17) is 4.52 Å². The number of nitrogens with zero attached hydrogens (tertiary/aromatic N) is 6. The van der Waals surface area contributed by atoms with Gasteiger partial charge >= 0.3 is 0 Å². The zero-order valence-corrected chi connectivity index (χ0v) is 15.3. The third kappa shape index (κ3) is 3.29. The quantitative estimate of drug-likeness (QED) is 0.581. The van der Waals surface area contributed by atoms with Gasteiger partial charge in [-0.2, -0.15) is 4.98 Å². The highest BCUT2D eigenvalue weighted by Gasteiger charge is 2.20. The van der Waals surface area contributed by atoms with Crippen LogP contribution in [0.15, 0.2) is 47.4 Å². The first-order valence-corrected chi connectivity index (χ1v) is 8.68. The van der Waals surface area contributed by atoms with Crippen molar-refractivity contribution in [2.45, 2.75) is 18.9 Å². The maximum absolute atomic E-state index is 5.40. The highest BCUT2D eigenvalue weighted by atomic mass is 35.5. The second-order valence-electron chi connectivity index (χ2n) is 6.35. The van der Waals surface area contributed by atoms with Crippen LogP contribution in [-0.4, -0.2) is 43.0 Å². The van der Waals surface area contributed by atoms with Crippen molar-refractivity contribution < 1.29 is 4.52 Å². The number of hydrogen-bond acceptors (Lipinski definition) is 7. The van der Waals surface area contributed by atoms with E-state index in [1.807, 2.05) is 35.0 Å². The third-order valence-electron chi connectivity index (χ3n) is 4.66. The molecule has 0 bridgehead atoms. The molecule has 1 aromatic carbocycles. The maximum Gasteiger partial charge on any atom is 0.297 e. The van der Waals surface area contributed by atoms with Crippen LogP contribution in [0, 0.1) is 0 Å². The number of nitrogens with one attached hydrogen (secondary N) is 1. The Morgan fingerprint density at radius 1 is 1.11 bits per heavy atom. The van der Waals surface area contributed by atoms with Gasteiger partial charge in [0.2, 0.25) is 11.6 Å². The SMILES string of the molecule is Cl.c1ccc2c(-c3noc(-c4ncn(C5CCCNC5)n4)n3)nccc2c1. The monoisotopic (exact) mass is 383 g/mol. The minimum atomic E-state index is 0. The Bertz CT molecular complexity index is 1050. The van der Waals surface area contributed by atoms with Gasteiger partial charge in [-0.3, -0.25) is 4.98 Å². The second kappa shape index (κ2) is 7.42. The summed E-state index contributed by atoms with van der Waals surface area (Å²) in [5, 5.41) is 14.0. The van der Waals surface area contributed by atoms with Crippen LogP contribution in [0.25, 0.3) is 34.0 Å². The molecule has 0 radical (unpaired) electrons. The zero-order valence-electron chi connectivity index (χ0n) is 14.4. The molecule has 4 aromatic rings. The topological polar surface area (TPSA) is 94.6 Å². The van der Waals surface area contributed by atoms with Crippen molar-refractivity contribution in [2.75, 3.05) is 13.1 Å². The molecule has 27 heavy (non-hydrogen) atoms. The van der Waals surface area contributed by atoms with Gasteiger partial charge in [0, 0.05) is 18.1 Å². The second-order valence-corrected chi connectivity index (χ2v) is 6.35. The van der Waals surface area contributed by atoms with Gasteiger partial charge in [0.15, 0.2) is 0 Å². The first-order chi connectivity index (χ1) is 12.9. The normalized spacial score (nSPS) is 17.0. The summed E-state index contributed by atoms with van der Waals surface area (Å²) >= 11 is 0. The molecule has 1 saturated heterocycles. The molecule has 3 aromatic heterocycles. The number of hydrogen-bond donors (Lipinski definition) is 1. The summed E-state index contributed by atoms with van der Waals surface area (Å²) < 4.78 is 7.28. The Labute approximate surface area is 161 Å². The van der Waals surface area contributed by atoms with Gasteiger partial charge in [0.25, 0.3) is 5.89 Å². The van der Waals surface area contributed by atoms with Gasteiger partial charge in [-0.05, 0) is 30.8 Å². The van der Waals surface area contributed by atoms with Gasteiger partial charge in [0.05, 0.1) is 6.04 Å². The standard InChI is InChI=1S/C18H17N7O.ClH/c1-2-6-14-12(4-1)7-9-20-15(14)16-22-18(26-24-16)17-21-11-25(23-17)13-5-3-8-19-10-13;/h1-2,4,6-7,9,11,13,19H,3,5,8,10H2;1H. The Morgan fingerprint density at radius 2 is 2.04 bits per heavy atom. The predicted octanol–water partition coefficient (Wildman–Crippen LogP) is 2.89. The summed E-state index contributed by atoms with van der Waals surface area (Å²) in [6, 6.07) is 10.3. The fraction of sp³-hybridized carbons (Fsp3) is 0.278. The lowest BCUT2D eigenvalue weighted by atomic mass is 10.1. The fourth-order valence-corrected chi connectivity index (χ4v) is 3.32. The number of pyridine rings is 1. The van der Waals surface area contributed by atoms with Crippen molar-refractivity contribution in [1.82, 2.24) is 35.2 Å². The van der Waals surface area contributed by atoms with Crippen molar-refractivity contribution in [1.29, 1.82) is 0 Å². The number of halogens is 1. The summed E-state index contributed by atoms with van der Waals surface area (Å²) in [6.07, 6.45) is 5.70. The van der Waals surface area contributed by atoms with Gasteiger partial charge < -0.3 is 9.84 Å². The van der Waals surface area contributed by atoms with E-state index in [1.54, 1.807) is 12.5 Å². The van der Waals surface area contributed by atoms with Crippen LogP contribution in [0.1, 0.15) is 18.9 Å². The van der Waals surface area contributed by atoms with Gasteiger partial charge in [-0.15, -0.1) is 17.5 Å². The molecule has 1 aliphatic rings. The van der Waals surface area contributed by atoms with E-state index in [0.29, 0.717) is 29.3 Å². The maximum atomic E-state index is 5.40. The van der Waals surface area contributed by atoms with E-state index in [9.17, 15) is 0 Å². The van der Waals surface area contributed by atoms with E-state index in [2.05, 4.69) is 30.5 Å². The number of piperidine rings is 1. The Hall–Kier alpha value is -2.84. The van der Waals surface area contributed by atoms with E-state index in [-0.39, 0.29) is 12.4 Å². The van der Waals surface area contributed by atoms with Crippen molar-refractivity contribution in [2.24, 2.45) is 0 Å². The lowest BCUT2D eigenvalue weighted by Crippen LogP contribution is -2.31. The average molecular weight is 384 g/mol. The molecule has 1 fully saturated rings. The molecule has 0 amide bonds. The largest absolute Gasteiger partial charge is 0.330 e. The molecule has 1 aliphatic heterocycles. The molecule has 0 saturated carbocycles. The molecule has 9 heteroatoms. The highest BCUT2D eigenvalue weighted by molar-refractivity contribution is 5.92. The van der Waals surface area contributed by atoms with Crippen LogP contribution in [0.5, 0.6) is 0 Å². The number of fused-ring (bicyclic) bond motifs is 1. The lowest BCUT2D eigenvalue weighted by molar-refractivity contribution is 0.345. The molecular weight excluding hydrogens is 366 g/mol. The lowest BCUT2D eigenvalue weighted by Gasteiger charge is -2.22. The van der Waals surface area contributed by atoms with Gasteiger partial charge in [0.1, 0.15) is 12.0 Å². The molecular formula is C18H18ClN7O. The number of rotatable bonds is 3. The van der Waals surface area contributed by atoms with E-state index in [0.717, 1.165) is 36.7 Å². The van der Waals surface area contributed by atoms with E-state index in [1.165, 1.54) is 0 Å². The Balaban J connectivity index is 0.00000180. The summed E-state index contributed by atoms with van der Waals surface area (Å²) in [6.45, 7) is 1.96. The van der Waals surface area contributed by atoms with Crippen molar-refractivity contribution in [3.05, 3.63) is 42.9 Å². The molecule has 8 nitrogen and oxygen atoms in total. The third-order valence-corrected chi connectivity index (χ3v) is 4.66. The molecule has 5 rings (SSSR count). The van der Waals surface area contributed by atoms with Crippen molar-refractivity contribution in [3.63, 3.8) is 0 Å². The summed E-state index contributed by atoms with van der Waals surface area (Å²) in [4.78, 5) is 13.2. The molecule has 1 N–H and O–H groups in total. The minimum Gasteiger partial charge on any atom is -0.330 e. The van der Waals surface area contributed by atoms with Crippen LogP contribution >= 0.6 is 12.4 Å². The summed E-state index contributed by atoms with van der Waals surface area (Å²) in [7, 11) is 0. The highest BCUT2D eigenvalue weighted by Crippen LogP contribution is 2.26. The van der Waals surface area contributed by atoms with Crippen molar-refractivity contribution in [3.8, 4) is 23.2 Å². The minimum absolute atomic E-state index is 0.